The smallest absolute Gasteiger partial charge is 0.133 e. The van der Waals surface area contributed by atoms with Crippen LogP contribution in [0.15, 0.2) is 18.3 Å². The first-order chi connectivity index (χ1) is 9.62. The number of hydrogen-bond donors (Lipinski definition) is 1. The van der Waals surface area contributed by atoms with Crippen molar-refractivity contribution in [1.29, 1.82) is 0 Å². The van der Waals surface area contributed by atoms with E-state index in [1.807, 2.05) is 12.3 Å². The van der Waals surface area contributed by atoms with Crippen molar-refractivity contribution < 1.29 is 9.47 Å². The fourth-order valence-corrected chi connectivity index (χ4v) is 2.45. The first-order valence-electron chi connectivity index (χ1n) is 7.15. The Morgan fingerprint density at radius 1 is 1.50 bits per heavy atom. The van der Waals surface area contributed by atoms with E-state index in [0.717, 1.165) is 45.2 Å². The van der Waals surface area contributed by atoms with Crippen molar-refractivity contribution in [2.24, 2.45) is 0 Å². The van der Waals surface area contributed by atoms with Crippen LogP contribution in [0.1, 0.15) is 19.4 Å². The largest absolute Gasteiger partial charge is 0.383 e. The Bertz CT molecular complexity index is 423. The normalized spacial score (nSPS) is 18.2. The number of hydrogen-bond acceptors (Lipinski definition) is 5. The molecule has 0 saturated carbocycles. The maximum Gasteiger partial charge on any atom is 0.133 e. The third-order valence-corrected chi connectivity index (χ3v) is 3.39. The summed E-state index contributed by atoms with van der Waals surface area (Å²) in [6.07, 6.45) is 1.86. The lowest BCUT2D eigenvalue weighted by Gasteiger charge is -2.39. The molecule has 1 aliphatic rings. The maximum absolute atomic E-state index is 5.77. The second-order valence-corrected chi connectivity index (χ2v) is 5.69. The highest BCUT2D eigenvalue weighted by molar-refractivity contribution is 5.47. The van der Waals surface area contributed by atoms with E-state index in [1.54, 1.807) is 7.11 Å². The molecule has 0 amide bonds. The van der Waals surface area contributed by atoms with Gasteiger partial charge in [-0.2, -0.15) is 0 Å². The second kappa shape index (κ2) is 7.02. The Balaban J connectivity index is 2.03. The van der Waals surface area contributed by atoms with Gasteiger partial charge < -0.3 is 19.7 Å². The van der Waals surface area contributed by atoms with E-state index in [9.17, 15) is 0 Å². The second-order valence-electron chi connectivity index (χ2n) is 5.69. The first kappa shape index (κ1) is 15.2. The van der Waals surface area contributed by atoms with Crippen LogP contribution in [-0.4, -0.2) is 50.5 Å². The van der Waals surface area contributed by atoms with Gasteiger partial charge in [0, 0.05) is 45.0 Å². The Kier molecular flexibility index (Phi) is 5.34. The fourth-order valence-electron chi connectivity index (χ4n) is 2.45. The molecule has 0 atom stereocenters. The molecule has 0 spiro atoms. The lowest BCUT2D eigenvalue weighted by Crippen LogP contribution is -2.49. The van der Waals surface area contributed by atoms with Crippen molar-refractivity contribution in [3.8, 4) is 0 Å². The number of rotatable bonds is 6. The average Bonchev–Trinajstić information content (AvgIpc) is 2.43. The fraction of sp³-hybridized carbons (Fsp3) is 0.667. The highest BCUT2D eigenvalue weighted by atomic mass is 16.5. The summed E-state index contributed by atoms with van der Waals surface area (Å²) in [7, 11) is 1.72. The van der Waals surface area contributed by atoms with Gasteiger partial charge in [0.1, 0.15) is 5.82 Å². The summed E-state index contributed by atoms with van der Waals surface area (Å²) in [5.74, 6) is 1.06. The molecule has 1 aliphatic heterocycles. The van der Waals surface area contributed by atoms with Gasteiger partial charge in [0.2, 0.25) is 0 Å². The van der Waals surface area contributed by atoms with Crippen molar-refractivity contribution in [3.05, 3.63) is 23.9 Å². The van der Waals surface area contributed by atoms with Crippen molar-refractivity contribution in [2.75, 3.05) is 44.9 Å². The van der Waals surface area contributed by atoms with Gasteiger partial charge in [-0.25, -0.2) is 4.98 Å². The van der Waals surface area contributed by atoms with Crippen LogP contribution >= 0.6 is 0 Å². The minimum absolute atomic E-state index is 0.115. The van der Waals surface area contributed by atoms with Crippen LogP contribution in [0.4, 0.5) is 5.82 Å². The molecule has 1 N–H and O–H groups in total. The van der Waals surface area contributed by atoms with E-state index >= 15 is 0 Å². The zero-order valence-electron chi connectivity index (χ0n) is 12.7. The molecule has 0 bridgehead atoms. The van der Waals surface area contributed by atoms with Gasteiger partial charge in [-0.1, -0.05) is 6.07 Å². The molecule has 0 aromatic carbocycles. The van der Waals surface area contributed by atoms with E-state index in [4.69, 9.17) is 9.47 Å². The molecule has 1 saturated heterocycles. The monoisotopic (exact) mass is 279 g/mol. The Morgan fingerprint density at radius 3 is 3.10 bits per heavy atom. The van der Waals surface area contributed by atoms with Crippen molar-refractivity contribution in [3.63, 3.8) is 0 Å². The lowest BCUT2D eigenvalue weighted by molar-refractivity contribution is -0.0279. The van der Waals surface area contributed by atoms with Gasteiger partial charge in [0.05, 0.1) is 18.8 Å². The molecule has 0 unspecified atom stereocenters. The van der Waals surface area contributed by atoms with Gasteiger partial charge in [-0.05, 0) is 19.9 Å². The SMILES string of the molecule is COCCNCc1cccnc1N1CCOC(C)(C)C1. The molecule has 1 aromatic heterocycles. The quantitative estimate of drug-likeness (QED) is 0.798. The van der Waals surface area contributed by atoms with Gasteiger partial charge in [-0.15, -0.1) is 0 Å². The number of aromatic nitrogens is 1. The first-order valence-corrected chi connectivity index (χ1v) is 7.15. The third kappa shape index (κ3) is 4.16. The molecule has 0 radical (unpaired) electrons. The Labute approximate surface area is 121 Å². The molecule has 1 fully saturated rings. The predicted octanol–water partition coefficient (Wildman–Crippen LogP) is 1.43. The van der Waals surface area contributed by atoms with E-state index < -0.39 is 0 Å². The molecule has 1 aromatic rings. The van der Waals surface area contributed by atoms with Crippen LogP contribution in [0, 0.1) is 0 Å². The minimum atomic E-state index is -0.115. The average molecular weight is 279 g/mol. The van der Waals surface area contributed by atoms with E-state index in [2.05, 4.69) is 35.1 Å². The predicted molar refractivity (Wildman–Crippen MR) is 80.1 cm³/mol. The summed E-state index contributed by atoms with van der Waals surface area (Å²) in [4.78, 5) is 6.88. The number of ether oxygens (including phenoxy) is 2. The van der Waals surface area contributed by atoms with Crippen LogP contribution in [0.25, 0.3) is 0 Å². The van der Waals surface area contributed by atoms with Crippen molar-refractivity contribution in [2.45, 2.75) is 26.0 Å². The van der Waals surface area contributed by atoms with Gasteiger partial charge >= 0.3 is 0 Å². The summed E-state index contributed by atoms with van der Waals surface area (Å²) in [5, 5.41) is 3.38. The summed E-state index contributed by atoms with van der Waals surface area (Å²) < 4.78 is 10.8. The summed E-state index contributed by atoms with van der Waals surface area (Å²) in [6, 6.07) is 4.12. The molecule has 2 rings (SSSR count). The van der Waals surface area contributed by atoms with Gasteiger partial charge in [-0.3, -0.25) is 0 Å². The number of pyridine rings is 1. The molecule has 0 aliphatic carbocycles. The highest BCUT2D eigenvalue weighted by Crippen LogP contribution is 2.24. The minimum Gasteiger partial charge on any atom is -0.383 e. The molecule has 5 heteroatoms. The summed E-state index contributed by atoms with van der Waals surface area (Å²) >= 11 is 0. The standard InChI is InChI=1S/C15H25N3O2/c1-15(2)12-18(8-10-20-15)14-13(5-4-6-17-14)11-16-7-9-19-3/h4-6,16H,7-12H2,1-3H3. The number of nitrogens with zero attached hydrogens (tertiary/aromatic N) is 2. The van der Waals surface area contributed by atoms with Crippen LogP contribution < -0.4 is 10.2 Å². The molecular weight excluding hydrogens is 254 g/mol. The summed E-state index contributed by atoms with van der Waals surface area (Å²) in [5.41, 5.74) is 1.11. The van der Waals surface area contributed by atoms with E-state index in [-0.39, 0.29) is 5.60 Å². The molecule has 5 nitrogen and oxygen atoms in total. The Hall–Kier alpha value is -1.17. The maximum atomic E-state index is 5.77. The highest BCUT2D eigenvalue weighted by Gasteiger charge is 2.28. The zero-order valence-corrected chi connectivity index (χ0v) is 12.7. The molecule has 2 heterocycles. The zero-order chi connectivity index (χ0) is 14.4. The van der Waals surface area contributed by atoms with Crippen molar-refractivity contribution >= 4 is 5.82 Å². The van der Waals surface area contributed by atoms with Gasteiger partial charge in [0.25, 0.3) is 0 Å². The van der Waals surface area contributed by atoms with Crippen LogP contribution in [0.5, 0.6) is 0 Å². The summed E-state index contributed by atoms with van der Waals surface area (Å²) in [6.45, 7) is 9.14. The lowest BCUT2D eigenvalue weighted by atomic mass is 10.1. The van der Waals surface area contributed by atoms with E-state index in [1.165, 1.54) is 5.56 Å². The van der Waals surface area contributed by atoms with Crippen LogP contribution in [-0.2, 0) is 16.0 Å². The Morgan fingerprint density at radius 2 is 2.35 bits per heavy atom. The number of nitrogens with one attached hydrogen (secondary N) is 1. The number of morpholine rings is 1. The topological polar surface area (TPSA) is 46.6 Å². The van der Waals surface area contributed by atoms with Crippen molar-refractivity contribution in [1.82, 2.24) is 10.3 Å². The number of methoxy groups -OCH3 is 1. The van der Waals surface area contributed by atoms with Gasteiger partial charge in [0.15, 0.2) is 0 Å². The molecule has 112 valence electrons. The van der Waals surface area contributed by atoms with E-state index in [0.29, 0.717) is 0 Å². The molecular formula is C15H25N3O2. The van der Waals surface area contributed by atoms with Crippen LogP contribution in [0.2, 0.25) is 0 Å². The van der Waals surface area contributed by atoms with Crippen LogP contribution in [0.3, 0.4) is 0 Å². The molecule has 20 heavy (non-hydrogen) atoms. The number of anilines is 1. The third-order valence-electron chi connectivity index (χ3n) is 3.39.